The van der Waals surface area contributed by atoms with Crippen molar-refractivity contribution in [3.63, 3.8) is 0 Å². The second-order valence-electron chi connectivity index (χ2n) is 8.92. The van der Waals surface area contributed by atoms with Gasteiger partial charge in [-0.1, -0.05) is 6.92 Å². The van der Waals surface area contributed by atoms with Gasteiger partial charge in [-0.05, 0) is 25.1 Å². The van der Waals surface area contributed by atoms with E-state index in [1.54, 1.807) is 6.92 Å². The highest BCUT2D eigenvalue weighted by Crippen LogP contribution is 2.30. The van der Waals surface area contributed by atoms with E-state index < -0.39 is 47.1 Å². The third-order valence-corrected chi connectivity index (χ3v) is 7.12. The minimum Gasteiger partial charge on any atom is -0.488 e. The molecule has 0 aliphatic carbocycles. The topological polar surface area (TPSA) is 116 Å². The standard InChI is InChI=1S/C22H32F3N3O6S/c1-14-11-28(15(2)13-29)21(31)10-16-9-17(26-20(30)7-8-22(23,24)25)5-6-18(16)34-19(14)12-27(3)35(4,32)33/h5-6,9,14-15,19,29H,7-8,10-13H2,1-4H3,(H,26,30)/t14-,15-,19+/m0/s1. The van der Waals surface area contributed by atoms with E-state index in [4.69, 9.17) is 4.74 Å². The Balaban J connectivity index is 2.38. The van der Waals surface area contributed by atoms with Crippen molar-refractivity contribution in [2.75, 3.05) is 38.3 Å². The average molecular weight is 524 g/mol. The van der Waals surface area contributed by atoms with Gasteiger partial charge in [0.25, 0.3) is 0 Å². The molecule has 2 rings (SSSR count). The van der Waals surface area contributed by atoms with E-state index in [9.17, 15) is 36.3 Å². The van der Waals surface area contributed by atoms with Gasteiger partial charge in [-0.15, -0.1) is 0 Å². The molecule has 2 amide bonds. The zero-order valence-electron chi connectivity index (χ0n) is 20.1. The smallest absolute Gasteiger partial charge is 0.389 e. The van der Waals surface area contributed by atoms with Gasteiger partial charge in [0.2, 0.25) is 21.8 Å². The van der Waals surface area contributed by atoms with Gasteiger partial charge < -0.3 is 20.1 Å². The first-order valence-electron chi connectivity index (χ1n) is 11.1. The fourth-order valence-electron chi connectivity index (χ4n) is 3.59. The average Bonchev–Trinajstić information content (AvgIpc) is 2.79. The molecule has 0 fully saturated rings. The van der Waals surface area contributed by atoms with Crippen LogP contribution in [0.15, 0.2) is 18.2 Å². The molecule has 0 saturated carbocycles. The highest BCUT2D eigenvalue weighted by molar-refractivity contribution is 7.88. The SMILES string of the molecule is C[C@H]1CN([C@@H](C)CO)C(=O)Cc2cc(NC(=O)CCC(F)(F)F)ccc2O[C@@H]1CN(C)S(C)(=O)=O. The molecule has 2 N–H and O–H groups in total. The number of hydrogen-bond donors (Lipinski definition) is 2. The Bertz CT molecular complexity index is 1020. The minimum absolute atomic E-state index is 0.00487. The molecule has 1 heterocycles. The molecule has 0 aromatic heterocycles. The van der Waals surface area contributed by atoms with Crippen LogP contribution in [-0.4, -0.2) is 85.9 Å². The van der Waals surface area contributed by atoms with Crippen LogP contribution in [0.5, 0.6) is 5.75 Å². The highest BCUT2D eigenvalue weighted by Gasteiger charge is 2.32. The lowest BCUT2D eigenvalue weighted by Crippen LogP contribution is -2.48. The second kappa shape index (κ2) is 11.6. The van der Waals surface area contributed by atoms with E-state index in [2.05, 4.69) is 5.32 Å². The van der Waals surface area contributed by atoms with Gasteiger partial charge in [0, 0.05) is 37.2 Å². The van der Waals surface area contributed by atoms with Crippen molar-refractivity contribution in [3.05, 3.63) is 23.8 Å². The summed E-state index contributed by atoms with van der Waals surface area (Å²) in [7, 11) is -2.09. The van der Waals surface area contributed by atoms with Crippen molar-refractivity contribution < 1.29 is 41.0 Å². The number of fused-ring (bicyclic) bond motifs is 1. The quantitative estimate of drug-likeness (QED) is 0.539. The molecule has 1 aromatic carbocycles. The predicted molar refractivity (Wildman–Crippen MR) is 123 cm³/mol. The van der Waals surface area contributed by atoms with Crippen molar-refractivity contribution in [1.82, 2.24) is 9.21 Å². The first-order chi connectivity index (χ1) is 16.1. The first-order valence-corrected chi connectivity index (χ1v) is 12.9. The monoisotopic (exact) mass is 523 g/mol. The van der Waals surface area contributed by atoms with Gasteiger partial charge in [-0.2, -0.15) is 13.2 Å². The number of rotatable bonds is 8. The van der Waals surface area contributed by atoms with Crippen LogP contribution in [0.4, 0.5) is 18.9 Å². The molecule has 1 aliphatic rings. The molecule has 0 unspecified atom stereocenters. The van der Waals surface area contributed by atoms with Gasteiger partial charge in [0.05, 0.1) is 38.3 Å². The van der Waals surface area contributed by atoms with Crippen LogP contribution < -0.4 is 10.1 Å². The number of anilines is 1. The van der Waals surface area contributed by atoms with Crippen LogP contribution in [0, 0.1) is 5.92 Å². The normalized spacial score (nSPS) is 20.4. The van der Waals surface area contributed by atoms with E-state index in [0.29, 0.717) is 11.3 Å². The van der Waals surface area contributed by atoms with Crippen molar-refractivity contribution in [3.8, 4) is 5.75 Å². The number of halogens is 3. The van der Waals surface area contributed by atoms with E-state index in [0.717, 1.165) is 10.6 Å². The Morgan fingerprint density at radius 2 is 2.03 bits per heavy atom. The number of hydrogen-bond acceptors (Lipinski definition) is 6. The van der Waals surface area contributed by atoms with Crippen LogP contribution in [0.1, 0.15) is 32.3 Å². The summed E-state index contributed by atoms with van der Waals surface area (Å²) in [4.78, 5) is 26.5. The molecule has 198 valence electrons. The summed E-state index contributed by atoms with van der Waals surface area (Å²) in [6.07, 6.45) is -6.19. The lowest BCUT2D eigenvalue weighted by molar-refractivity contribution is -0.142. The van der Waals surface area contributed by atoms with Gasteiger partial charge in [0.15, 0.2) is 0 Å². The third kappa shape index (κ3) is 8.65. The lowest BCUT2D eigenvalue weighted by atomic mass is 10.0. The number of nitrogens with one attached hydrogen (secondary N) is 1. The van der Waals surface area contributed by atoms with E-state index in [1.165, 1.54) is 30.1 Å². The summed E-state index contributed by atoms with van der Waals surface area (Å²) in [6, 6.07) is 3.88. The molecule has 35 heavy (non-hydrogen) atoms. The molecule has 3 atom stereocenters. The summed E-state index contributed by atoms with van der Waals surface area (Å²) in [5, 5.41) is 12.0. The summed E-state index contributed by atoms with van der Waals surface area (Å²) < 4.78 is 68.5. The molecule has 9 nitrogen and oxygen atoms in total. The molecule has 0 bridgehead atoms. The third-order valence-electron chi connectivity index (χ3n) is 5.84. The lowest BCUT2D eigenvalue weighted by Gasteiger charge is -2.33. The Labute approximate surface area is 203 Å². The van der Waals surface area contributed by atoms with Crippen molar-refractivity contribution in [2.45, 2.75) is 51.4 Å². The molecule has 1 aliphatic heterocycles. The number of sulfonamides is 1. The molecular formula is C22H32F3N3O6S. The molecule has 0 radical (unpaired) electrons. The van der Waals surface area contributed by atoms with Gasteiger partial charge >= 0.3 is 6.18 Å². The number of amides is 2. The number of alkyl halides is 3. The number of aliphatic hydroxyl groups excluding tert-OH is 1. The summed E-state index contributed by atoms with van der Waals surface area (Å²) in [5.74, 6) is -1.16. The number of benzene rings is 1. The number of carbonyl (C=O) groups is 2. The molecule has 13 heteroatoms. The van der Waals surface area contributed by atoms with Crippen LogP contribution in [-0.2, 0) is 26.0 Å². The summed E-state index contributed by atoms with van der Waals surface area (Å²) in [6.45, 7) is 3.42. The molecule has 0 saturated heterocycles. The zero-order chi connectivity index (χ0) is 26.6. The van der Waals surface area contributed by atoms with Crippen LogP contribution in [0.25, 0.3) is 0 Å². The largest absolute Gasteiger partial charge is 0.488 e. The summed E-state index contributed by atoms with van der Waals surface area (Å²) in [5.41, 5.74) is 0.575. The number of aliphatic hydroxyl groups is 1. The maximum Gasteiger partial charge on any atom is 0.389 e. The summed E-state index contributed by atoms with van der Waals surface area (Å²) >= 11 is 0. The molecule has 0 spiro atoms. The zero-order valence-corrected chi connectivity index (χ0v) is 20.9. The Morgan fingerprint density at radius 1 is 1.37 bits per heavy atom. The number of nitrogens with zero attached hydrogens (tertiary/aromatic N) is 2. The number of carbonyl (C=O) groups excluding carboxylic acids is 2. The Morgan fingerprint density at radius 3 is 2.60 bits per heavy atom. The van der Waals surface area contributed by atoms with Gasteiger partial charge in [-0.3, -0.25) is 9.59 Å². The van der Waals surface area contributed by atoms with Crippen LogP contribution in [0.3, 0.4) is 0 Å². The molecular weight excluding hydrogens is 491 g/mol. The fourth-order valence-corrected chi connectivity index (χ4v) is 4.01. The number of likely N-dealkylation sites (N-methyl/N-ethyl adjacent to an activating group) is 1. The molecule has 1 aromatic rings. The Kier molecular flexibility index (Phi) is 9.54. The maximum atomic E-state index is 13.1. The Hall–Kier alpha value is -2.38. The van der Waals surface area contributed by atoms with Crippen LogP contribution >= 0.6 is 0 Å². The van der Waals surface area contributed by atoms with Crippen molar-refractivity contribution in [2.24, 2.45) is 5.92 Å². The second-order valence-corrected chi connectivity index (χ2v) is 11.0. The predicted octanol–water partition coefficient (Wildman–Crippen LogP) is 2.01. The first kappa shape index (κ1) is 28.9. The van der Waals surface area contributed by atoms with E-state index >= 15 is 0 Å². The minimum atomic E-state index is -4.46. The van der Waals surface area contributed by atoms with Gasteiger partial charge in [0.1, 0.15) is 11.9 Å². The maximum absolute atomic E-state index is 13.1. The number of ether oxygens (including phenoxy) is 1. The van der Waals surface area contributed by atoms with Crippen LogP contribution in [0.2, 0.25) is 0 Å². The van der Waals surface area contributed by atoms with E-state index in [1.807, 2.05) is 6.92 Å². The van der Waals surface area contributed by atoms with E-state index in [-0.39, 0.29) is 43.6 Å². The highest BCUT2D eigenvalue weighted by atomic mass is 32.2. The van der Waals surface area contributed by atoms with Crippen molar-refractivity contribution in [1.29, 1.82) is 0 Å². The fraction of sp³-hybridized carbons (Fsp3) is 0.636. The van der Waals surface area contributed by atoms with Crippen molar-refractivity contribution >= 4 is 27.5 Å². The van der Waals surface area contributed by atoms with Gasteiger partial charge in [-0.25, -0.2) is 12.7 Å².